The molecule has 7 nitrogen and oxygen atoms in total. The van der Waals surface area contributed by atoms with Crippen molar-refractivity contribution in [3.05, 3.63) is 60.0 Å². The van der Waals surface area contributed by atoms with Crippen LogP contribution in [0.25, 0.3) is 10.9 Å². The number of likely N-dealkylation sites (tertiary alicyclic amines) is 1. The Bertz CT molecular complexity index is 1230. The van der Waals surface area contributed by atoms with Crippen molar-refractivity contribution in [3.8, 4) is 0 Å². The molecule has 5 rings (SSSR count). The highest BCUT2D eigenvalue weighted by Crippen LogP contribution is 2.31. The van der Waals surface area contributed by atoms with Gasteiger partial charge in [0, 0.05) is 18.5 Å². The van der Waals surface area contributed by atoms with Gasteiger partial charge in [-0.3, -0.25) is 4.79 Å². The summed E-state index contributed by atoms with van der Waals surface area (Å²) in [4.78, 5) is 17.7. The summed E-state index contributed by atoms with van der Waals surface area (Å²) in [6, 6.07) is 13.2. The predicted molar refractivity (Wildman–Crippen MR) is 111 cm³/mol. The molecule has 1 aromatic heterocycles. The standard InChI is InChI=1S/C21H21FN4O3S/c22-15-5-3-4-14-12-17(23-19(14)15)21(27)26-10-8-13(9-11-26)20-24-16-6-1-2-7-18(16)30(28,29)25-20/h1-7,12-13,20,23-25H,8-11H2/t20-/m0/s1. The molecule has 1 fully saturated rings. The Balaban J connectivity index is 1.28. The van der Waals surface area contributed by atoms with Crippen molar-refractivity contribution >= 4 is 32.5 Å². The van der Waals surface area contributed by atoms with Crippen LogP contribution >= 0.6 is 0 Å². The van der Waals surface area contributed by atoms with Crippen molar-refractivity contribution in [1.29, 1.82) is 0 Å². The number of aromatic amines is 1. The van der Waals surface area contributed by atoms with Crippen molar-refractivity contribution in [2.24, 2.45) is 5.92 Å². The molecule has 0 bridgehead atoms. The summed E-state index contributed by atoms with van der Waals surface area (Å²) in [7, 11) is -3.57. The first-order valence-electron chi connectivity index (χ1n) is 9.87. The van der Waals surface area contributed by atoms with E-state index in [4.69, 9.17) is 0 Å². The number of H-pyrrole nitrogens is 1. The number of anilines is 1. The number of carbonyl (C=O) groups excluding carboxylic acids is 1. The molecular formula is C21H21FN4O3S. The van der Waals surface area contributed by atoms with E-state index in [-0.39, 0.29) is 22.5 Å². The molecule has 30 heavy (non-hydrogen) atoms. The molecule has 0 saturated carbocycles. The van der Waals surface area contributed by atoms with Gasteiger partial charge in [-0.1, -0.05) is 24.3 Å². The lowest BCUT2D eigenvalue weighted by Crippen LogP contribution is -2.52. The second kappa shape index (κ2) is 7.10. The van der Waals surface area contributed by atoms with Crippen LogP contribution < -0.4 is 10.0 Å². The van der Waals surface area contributed by atoms with Gasteiger partial charge in [0.05, 0.1) is 17.4 Å². The summed E-state index contributed by atoms with van der Waals surface area (Å²) in [6.07, 6.45) is 0.898. The van der Waals surface area contributed by atoms with Gasteiger partial charge in [-0.2, -0.15) is 4.72 Å². The first-order valence-corrected chi connectivity index (χ1v) is 11.3. The van der Waals surface area contributed by atoms with Crippen LogP contribution in [0.3, 0.4) is 0 Å². The zero-order valence-corrected chi connectivity index (χ0v) is 16.9. The molecule has 3 heterocycles. The molecule has 1 saturated heterocycles. The van der Waals surface area contributed by atoms with E-state index in [1.165, 1.54) is 6.07 Å². The number of amides is 1. The Hall–Kier alpha value is -2.91. The monoisotopic (exact) mass is 428 g/mol. The topological polar surface area (TPSA) is 94.3 Å². The van der Waals surface area contributed by atoms with Crippen molar-refractivity contribution in [3.63, 3.8) is 0 Å². The summed E-state index contributed by atoms with van der Waals surface area (Å²) in [6.45, 7) is 1.01. The van der Waals surface area contributed by atoms with Crippen LogP contribution in [-0.2, 0) is 10.0 Å². The smallest absolute Gasteiger partial charge is 0.270 e. The number of nitrogens with zero attached hydrogens (tertiary/aromatic N) is 1. The van der Waals surface area contributed by atoms with Crippen molar-refractivity contribution in [1.82, 2.24) is 14.6 Å². The molecule has 2 aliphatic rings. The maximum Gasteiger partial charge on any atom is 0.270 e. The SMILES string of the molecule is O=C(c1cc2cccc(F)c2[nH]1)N1CCC([C@H]2Nc3ccccc3S(=O)(=O)N2)CC1. The van der Waals surface area contributed by atoms with Gasteiger partial charge < -0.3 is 15.2 Å². The maximum absolute atomic E-state index is 13.9. The number of nitrogens with one attached hydrogen (secondary N) is 3. The van der Waals surface area contributed by atoms with Crippen molar-refractivity contribution in [2.45, 2.75) is 23.9 Å². The Labute approximate surface area is 173 Å². The highest BCUT2D eigenvalue weighted by molar-refractivity contribution is 7.89. The van der Waals surface area contributed by atoms with Gasteiger partial charge in [0.1, 0.15) is 16.4 Å². The van der Waals surface area contributed by atoms with Crippen LogP contribution in [-0.4, -0.2) is 43.5 Å². The van der Waals surface area contributed by atoms with E-state index < -0.39 is 16.2 Å². The Morgan fingerprint density at radius 3 is 2.60 bits per heavy atom. The summed E-state index contributed by atoms with van der Waals surface area (Å²) >= 11 is 0. The van der Waals surface area contributed by atoms with Gasteiger partial charge in [0.2, 0.25) is 10.0 Å². The third-order valence-electron chi connectivity index (χ3n) is 5.90. The zero-order valence-electron chi connectivity index (χ0n) is 16.1. The minimum atomic E-state index is -3.57. The van der Waals surface area contributed by atoms with Gasteiger partial charge in [-0.25, -0.2) is 12.8 Å². The zero-order chi connectivity index (χ0) is 20.9. The molecule has 0 radical (unpaired) electrons. The number of sulfonamides is 1. The number of carbonyl (C=O) groups is 1. The molecule has 2 aliphatic heterocycles. The average Bonchev–Trinajstić information content (AvgIpc) is 3.19. The highest BCUT2D eigenvalue weighted by atomic mass is 32.2. The number of hydrogen-bond donors (Lipinski definition) is 3. The van der Waals surface area contributed by atoms with Crippen LogP contribution in [0, 0.1) is 11.7 Å². The lowest BCUT2D eigenvalue weighted by molar-refractivity contribution is 0.0674. The van der Waals surface area contributed by atoms with Gasteiger partial charge in [0.25, 0.3) is 5.91 Å². The minimum Gasteiger partial charge on any atom is -0.368 e. The van der Waals surface area contributed by atoms with E-state index in [0.717, 1.165) is 0 Å². The quantitative estimate of drug-likeness (QED) is 0.585. The van der Waals surface area contributed by atoms with E-state index >= 15 is 0 Å². The highest BCUT2D eigenvalue weighted by Gasteiger charge is 2.36. The van der Waals surface area contributed by atoms with Crippen LogP contribution in [0.2, 0.25) is 0 Å². The third kappa shape index (κ3) is 3.23. The summed E-state index contributed by atoms with van der Waals surface area (Å²) in [5.41, 5.74) is 1.29. The van der Waals surface area contributed by atoms with Crippen LogP contribution in [0.4, 0.5) is 10.1 Å². The number of rotatable bonds is 2. The fourth-order valence-electron chi connectivity index (χ4n) is 4.30. The number of para-hydroxylation sites is 2. The Morgan fingerprint density at radius 1 is 1.07 bits per heavy atom. The number of hydrogen-bond acceptors (Lipinski definition) is 4. The average molecular weight is 428 g/mol. The second-order valence-electron chi connectivity index (χ2n) is 7.76. The molecule has 3 aromatic rings. The van der Waals surface area contributed by atoms with Crippen LogP contribution in [0.15, 0.2) is 53.4 Å². The minimum absolute atomic E-state index is 0.0531. The van der Waals surface area contributed by atoms with Crippen molar-refractivity contribution in [2.75, 3.05) is 18.4 Å². The number of aromatic nitrogens is 1. The maximum atomic E-state index is 13.9. The fourth-order valence-corrected chi connectivity index (χ4v) is 5.69. The van der Waals surface area contributed by atoms with Crippen molar-refractivity contribution < 1.29 is 17.6 Å². The van der Waals surface area contributed by atoms with Gasteiger partial charge >= 0.3 is 0 Å². The van der Waals surface area contributed by atoms with E-state index in [2.05, 4.69) is 15.0 Å². The summed E-state index contributed by atoms with van der Waals surface area (Å²) in [5, 5.41) is 3.94. The molecule has 1 amide bonds. The molecule has 156 valence electrons. The molecule has 3 N–H and O–H groups in total. The fraction of sp³-hybridized carbons (Fsp3) is 0.286. The molecule has 0 unspecified atom stereocenters. The van der Waals surface area contributed by atoms with Gasteiger partial charge in [-0.05, 0) is 43.0 Å². The molecule has 2 aromatic carbocycles. The normalized spacial score (nSPS) is 21.2. The second-order valence-corrected chi connectivity index (χ2v) is 9.44. The first kappa shape index (κ1) is 19.1. The van der Waals surface area contributed by atoms with E-state index in [1.54, 1.807) is 47.4 Å². The lowest BCUT2D eigenvalue weighted by Gasteiger charge is -2.38. The molecule has 0 spiro atoms. The summed E-state index contributed by atoms with van der Waals surface area (Å²) in [5.74, 6) is -0.509. The largest absolute Gasteiger partial charge is 0.368 e. The van der Waals surface area contributed by atoms with E-state index in [1.807, 2.05) is 0 Å². The predicted octanol–water partition coefficient (Wildman–Crippen LogP) is 2.89. The first-order chi connectivity index (χ1) is 14.4. The van der Waals surface area contributed by atoms with Crippen LogP contribution in [0.5, 0.6) is 0 Å². The Kier molecular flexibility index (Phi) is 4.52. The van der Waals surface area contributed by atoms with Gasteiger partial charge in [-0.15, -0.1) is 0 Å². The van der Waals surface area contributed by atoms with Crippen LogP contribution in [0.1, 0.15) is 23.3 Å². The summed E-state index contributed by atoms with van der Waals surface area (Å²) < 4.78 is 41.7. The molecule has 9 heteroatoms. The van der Waals surface area contributed by atoms with E-state index in [0.29, 0.717) is 48.2 Å². The molecular weight excluding hydrogens is 407 g/mol. The molecule has 1 atom stereocenters. The lowest BCUT2D eigenvalue weighted by atomic mass is 9.93. The molecule has 0 aliphatic carbocycles. The van der Waals surface area contributed by atoms with E-state index in [9.17, 15) is 17.6 Å². The number of fused-ring (bicyclic) bond motifs is 2. The third-order valence-corrected chi connectivity index (χ3v) is 7.40. The number of halogens is 1. The van der Waals surface area contributed by atoms with Gasteiger partial charge in [0.15, 0.2) is 0 Å². The number of piperidine rings is 1. The number of benzene rings is 2. The Morgan fingerprint density at radius 2 is 1.83 bits per heavy atom.